The molecule has 2 N–H and O–H groups in total. The average Bonchev–Trinajstić information content (AvgIpc) is 3.24. The molecule has 0 spiro atoms. The van der Waals surface area contributed by atoms with Gasteiger partial charge in [0.1, 0.15) is 0 Å². The highest BCUT2D eigenvalue weighted by Gasteiger charge is 2.11. The SMILES string of the molecule is O=C(CSc1n[nH]c(-c2cccs2)n1)Nc1cccc([N+](=O)[O-])c1. The first-order valence-corrected chi connectivity index (χ1v) is 8.62. The lowest BCUT2D eigenvalue weighted by Crippen LogP contribution is -2.14. The van der Waals surface area contributed by atoms with Gasteiger partial charge >= 0.3 is 0 Å². The first kappa shape index (κ1) is 16.1. The lowest BCUT2D eigenvalue weighted by Gasteiger charge is -2.03. The third-order valence-electron chi connectivity index (χ3n) is 2.89. The standard InChI is InChI=1S/C14H11N5O3S2/c20-12(15-9-3-1-4-10(7-9)19(21)22)8-24-14-16-13(17-18-14)11-5-2-6-23-11/h1-7H,8H2,(H,15,20)(H,16,17,18). The van der Waals surface area contributed by atoms with Crippen LogP contribution in [0.1, 0.15) is 0 Å². The number of nitro groups is 1. The summed E-state index contributed by atoms with van der Waals surface area (Å²) in [7, 11) is 0. The molecule has 8 nitrogen and oxygen atoms in total. The number of amides is 1. The molecule has 2 heterocycles. The molecule has 0 aliphatic carbocycles. The number of hydrogen-bond donors (Lipinski definition) is 2. The second-order valence-corrected chi connectivity index (χ2v) is 6.48. The van der Waals surface area contributed by atoms with Gasteiger partial charge in [-0.25, -0.2) is 4.98 Å². The van der Waals surface area contributed by atoms with E-state index in [1.165, 1.54) is 30.0 Å². The first-order chi connectivity index (χ1) is 11.6. The largest absolute Gasteiger partial charge is 0.325 e. The van der Waals surface area contributed by atoms with Crippen LogP contribution in [0.25, 0.3) is 10.7 Å². The van der Waals surface area contributed by atoms with Gasteiger partial charge in [-0.15, -0.1) is 16.4 Å². The minimum Gasteiger partial charge on any atom is -0.325 e. The maximum Gasteiger partial charge on any atom is 0.271 e. The molecule has 0 aliphatic rings. The number of non-ortho nitro benzene ring substituents is 1. The van der Waals surface area contributed by atoms with E-state index < -0.39 is 4.92 Å². The Hall–Kier alpha value is -2.72. The number of carbonyl (C=O) groups is 1. The summed E-state index contributed by atoms with van der Waals surface area (Å²) < 4.78 is 0. The molecule has 2 aromatic heterocycles. The molecular formula is C14H11N5O3S2. The molecule has 3 aromatic rings. The van der Waals surface area contributed by atoms with Crippen LogP contribution in [-0.4, -0.2) is 31.8 Å². The Morgan fingerprint density at radius 1 is 1.38 bits per heavy atom. The number of benzene rings is 1. The number of H-pyrrole nitrogens is 1. The van der Waals surface area contributed by atoms with Gasteiger partial charge in [0.25, 0.3) is 5.69 Å². The number of anilines is 1. The van der Waals surface area contributed by atoms with Crippen LogP contribution in [-0.2, 0) is 4.79 Å². The molecule has 24 heavy (non-hydrogen) atoms. The fourth-order valence-electron chi connectivity index (χ4n) is 1.86. The summed E-state index contributed by atoms with van der Waals surface area (Å²) in [5.74, 6) is 0.472. The predicted octanol–water partition coefficient (Wildman–Crippen LogP) is 3.17. The Morgan fingerprint density at radius 2 is 2.25 bits per heavy atom. The van der Waals surface area contributed by atoms with E-state index in [2.05, 4.69) is 20.5 Å². The minimum absolute atomic E-state index is 0.0741. The van der Waals surface area contributed by atoms with E-state index in [1.54, 1.807) is 17.4 Å². The van der Waals surface area contributed by atoms with Crippen molar-refractivity contribution in [1.29, 1.82) is 0 Å². The molecule has 0 unspecified atom stereocenters. The third kappa shape index (κ3) is 3.97. The average molecular weight is 361 g/mol. The normalized spacial score (nSPS) is 10.5. The monoisotopic (exact) mass is 361 g/mol. The van der Waals surface area contributed by atoms with Gasteiger partial charge in [-0.05, 0) is 17.5 Å². The number of hydrogen-bond acceptors (Lipinski definition) is 7. The zero-order valence-corrected chi connectivity index (χ0v) is 13.8. The summed E-state index contributed by atoms with van der Waals surface area (Å²) in [6, 6.07) is 9.63. The molecule has 0 saturated carbocycles. The van der Waals surface area contributed by atoms with Crippen molar-refractivity contribution in [3.05, 3.63) is 51.9 Å². The van der Waals surface area contributed by atoms with E-state index >= 15 is 0 Å². The fourth-order valence-corrected chi connectivity index (χ4v) is 3.12. The van der Waals surface area contributed by atoms with Crippen molar-refractivity contribution in [2.75, 3.05) is 11.1 Å². The van der Waals surface area contributed by atoms with Gasteiger partial charge in [-0.1, -0.05) is 23.9 Å². The van der Waals surface area contributed by atoms with Crippen molar-refractivity contribution in [2.24, 2.45) is 0 Å². The quantitative estimate of drug-likeness (QED) is 0.396. The minimum atomic E-state index is -0.510. The Kier molecular flexibility index (Phi) is 4.87. The number of nitrogens with one attached hydrogen (secondary N) is 2. The number of rotatable bonds is 6. The van der Waals surface area contributed by atoms with Crippen LogP contribution in [0, 0.1) is 10.1 Å². The molecule has 1 aromatic carbocycles. The topological polar surface area (TPSA) is 114 Å². The molecule has 0 atom stereocenters. The third-order valence-corrected chi connectivity index (χ3v) is 4.62. The first-order valence-electron chi connectivity index (χ1n) is 6.75. The van der Waals surface area contributed by atoms with E-state index in [4.69, 9.17) is 0 Å². The summed E-state index contributed by atoms with van der Waals surface area (Å²) >= 11 is 2.72. The summed E-state index contributed by atoms with van der Waals surface area (Å²) in [5, 5.41) is 22.6. The summed E-state index contributed by atoms with van der Waals surface area (Å²) in [6.45, 7) is 0. The number of thioether (sulfide) groups is 1. The molecule has 0 bridgehead atoms. The number of aromatic nitrogens is 3. The van der Waals surface area contributed by atoms with Crippen LogP contribution < -0.4 is 5.32 Å². The van der Waals surface area contributed by atoms with Crippen LogP contribution >= 0.6 is 23.1 Å². The number of thiophene rings is 1. The van der Waals surface area contributed by atoms with Gasteiger partial charge in [0, 0.05) is 17.8 Å². The Morgan fingerprint density at radius 3 is 3.00 bits per heavy atom. The zero-order chi connectivity index (χ0) is 16.9. The zero-order valence-electron chi connectivity index (χ0n) is 12.1. The number of nitrogens with zero attached hydrogens (tertiary/aromatic N) is 3. The maximum absolute atomic E-state index is 11.9. The Bertz CT molecular complexity index is 863. The van der Waals surface area contributed by atoms with Gasteiger partial charge in [0.2, 0.25) is 11.1 Å². The van der Waals surface area contributed by atoms with Gasteiger partial charge in [0.15, 0.2) is 5.82 Å². The molecular weight excluding hydrogens is 350 g/mol. The van der Waals surface area contributed by atoms with Crippen LogP contribution in [0.2, 0.25) is 0 Å². The molecule has 1 amide bonds. The second kappa shape index (κ2) is 7.23. The van der Waals surface area contributed by atoms with E-state index in [-0.39, 0.29) is 17.3 Å². The lowest BCUT2D eigenvalue weighted by atomic mass is 10.3. The second-order valence-electron chi connectivity index (χ2n) is 4.59. The molecule has 0 radical (unpaired) electrons. The number of carbonyl (C=O) groups excluding carboxylic acids is 1. The lowest BCUT2D eigenvalue weighted by molar-refractivity contribution is -0.384. The highest BCUT2D eigenvalue weighted by molar-refractivity contribution is 7.99. The smallest absolute Gasteiger partial charge is 0.271 e. The highest BCUT2D eigenvalue weighted by Crippen LogP contribution is 2.23. The summed E-state index contributed by atoms with van der Waals surface area (Å²) in [4.78, 5) is 27.4. The summed E-state index contributed by atoms with van der Waals surface area (Å²) in [6.07, 6.45) is 0. The molecule has 3 rings (SSSR count). The van der Waals surface area contributed by atoms with E-state index in [1.807, 2.05) is 17.5 Å². The van der Waals surface area contributed by atoms with Gasteiger partial charge in [-0.3, -0.25) is 20.0 Å². The molecule has 122 valence electrons. The van der Waals surface area contributed by atoms with Crippen molar-refractivity contribution in [1.82, 2.24) is 15.2 Å². The van der Waals surface area contributed by atoms with Crippen molar-refractivity contribution in [2.45, 2.75) is 5.16 Å². The van der Waals surface area contributed by atoms with E-state index in [9.17, 15) is 14.9 Å². The summed E-state index contributed by atoms with van der Waals surface area (Å²) in [5.41, 5.74) is 0.305. The Balaban J connectivity index is 1.56. The Labute approximate surface area is 144 Å². The van der Waals surface area contributed by atoms with Crippen molar-refractivity contribution < 1.29 is 9.72 Å². The van der Waals surface area contributed by atoms with E-state index in [0.29, 0.717) is 16.7 Å². The van der Waals surface area contributed by atoms with E-state index in [0.717, 1.165) is 4.88 Å². The number of nitro benzene ring substituents is 1. The molecule has 10 heteroatoms. The van der Waals surface area contributed by atoms with Crippen LogP contribution in [0.5, 0.6) is 0 Å². The van der Waals surface area contributed by atoms with Crippen LogP contribution in [0.3, 0.4) is 0 Å². The predicted molar refractivity (Wildman–Crippen MR) is 92.1 cm³/mol. The fraction of sp³-hybridized carbons (Fsp3) is 0.0714. The van der Waals surface area contributed by atoms with Crippen molar-refractivity contribution in [3.63, 3.8) is 0 Å². The van der Waals surface area contributed by atoms with Gasteiger partial charge in [0.05, 0.1) is 15.6 Å². The molecule has 0 fully saturated rings. The maximum atomic E-state index is 11.9. The number of aromatic amines is 1. The molecule has 0 saturated heterocycles. The van der Waals surface area contributed by atoms with Gasteiger partial charge < -0.3 is 5.32 Å². The van der Waals surface area contributed by atoms with Crippen molar-refractivity contribution >= 4 is 40.4 Å². The van der Waals surface area contributed by atoms with Crippen LogP contribution in [0.4, 0.5) is 11.4 Å². The highest BCUT2D eigenvalue weighted by atomic mass is 32.2. The van der Waals surface area contributed by atoms with Crippen LogP contribution in [0.15, 0.2) is 46.9 Å². The molecule has 0 aliphatic heterocycles. The van der Waals surface area contributed by atoms with Crippen molar-refractivity contribution in [3.8, 4) is 10.7 Å². The van der Waals surface area contributed by atoms with Gasteiger partial charge in [-0.2, -0.15) is 0 Å².